The first-order valence-corrected chi connectivity index (χ1v) is 10.2. The van der Waals surface area contributed by atoms with Gasteiger partial charge in [-0.1, -0.05) is 55.5 Å². The van der Waals surface area contributed by atoms with Crippen molar-refractivity contribution >= 4 is 22.5 Å². The fourth-order valence-corrected chi connectivity index (χ4v) is 3.51. The molecule has 0 bridgehead atoms. The standard InChI is InChI=1S/C26H24N2O2/c1-3-18-10-8-9-13-22(18)28-26(29)20-14-15-23-21(16-20)25(30-4-2)17-24(27-23)19-11-6-5-7-12-19/h5-17H,3-4H2,1-2H3,(H,28,29). The van der Waals surface area contributed by atoms with Crippen LogP contribution in [0.4, 0.5) is 5.69 Å². The van der Waals surface area contributed by atoms with E-state index in [1.165, 1.54) is 0 Å². The number of fused-ring (bicyclic) bond motifs is 1. The van der Waals surface area contributed by atoms with Crippen LogP contribution in [-0.4, -0.2) is 17.5 Å². The zero-order chi connectivity index (χ0) is 20.9. The largest absolute Gasteiger partial charge is 0.493 e. The molecular weight excluding hydrogens is 372 g/mol. The predicted molar refractivity (Wildman–Crippen MR) is 122 cm³/mol. The number of amides is 1. The minimum atomic E-state index is -0.146. The van der Waals surface area contributed by atoms with Gasteiger partial charge in [0.25, 0.3) is 5.91 Å². The number of benzene rings is 3. The molecule has 0 saturated carbocycles. The summed E-state index contributed by atoms with van der Waals surface area (Å²) in [7, 11) is 0. The fourth-order valence-electron chi connectivity index (χ4n) is 3.51. The lowest BCUT2D eigenvalue weighted by atomic mass is 10.1. The summed E-state index contributed by atoms with van der Waals surface area (Å²) < 4.78 is 5.90. The third-order valence-corrected chi connectivity index (χ3v) is 5.05. The van der Waals surface area contributed by atoms with E-state index in [9.17, 15) is 4.79 Å². The lowest BCUT2D eigenvalue weighted by molar-refractivity contribution is 0.102. The summed E-state index contributed by atoms with van der Waals surface area (Å²) >= 11 is 0. The molecule has 0 saturated heterocycles. The summed E-state index contributed by atoms with van der Waals surface area (Å²) in [5, 5.41) is 3.86. The van der Waals surface area contributed by atoms with Crippen molar-refractivity contribution in [1.29, 1.82) is 0 Å². The number of hydrogen-bond acceptors (Lipinski definition) is 3. The van der Waals surface area contributed by atoms with Gasteiger partial charge < -0.3 is 10.1 Å². The van der Waals surface area contributed by atoms with Crippen molar-refractivity contribution in [2.75, 3.05) is 11.9 Å². The second kappa shape index (κ2) is 8.78. The van der Waals surface area contributed by atoms with E-state index >= 15 is 0 Å². The van der Waals surface area contributed by atoms with Gasteiger partial charge in [0.2, 0.25) is 0 Å². The zero-order valence-electron chi connectivity index (χ0n) is 17.2. The molecule has 1 aromatic heterocycles. The Balaban J connectivity index is 1.72. The molecule has 0 aliphatic carbocycles. The Hall–Kier alpha value is -3.66. The van der Waals surface area contributed by atoms with Crippen LogP contribution in [0.1, 0.15) is 29.8 Å². The van der Waals surface area contributed by atoms with Gasteiger partial charge in [0.05, 0.1) is 17.8 Å². The van der Waals surface area contributed by atoms with Crippen molar-refractivity contribution in [3.05, 3.63) is 90.0 Å². The first-order chi connectivity index (χ1) is 14.7. The summed E-state index contributed by atoms with van der Waals surface area (Å²) in [4.78, 5) is 17.7. The van der Waals surface area contributed by atoms with E-state index in [4.69, 9.17) is 9.72 Å². The highest BCUT2D eigenvalue weighted by Gasteiger charge is 2.13. The molecule has 0 unspecified atom stereocenters. The third kappa shape index (κ3) is 4.03. The van der Waals surface area contributed by atoms with Crippen LogP contribution in [0.2, 0.25) is 0 Å². The smallest absolute Gasteiger partial charge is 0.255 e. The summed E-state index contributed by atoms with van der Waals surface area (Å²) in [6.07, 6.45) is 0.856. The summed E-state index contributed by atoms with van der Waals surface area (Å²) in [6, 6.07) is 25.4. The minimum Gasteiger partial charge on any atom is -0.493 e. The van der Waals surface area contributed by atoms with Crippen molar-refractivity contribution in [2.45, 2.75) is 20.3 Å². The maximum atomic E-state index is 12.9. The van der Waals surface area contributed by atoms with E-state index in [0.717, 1.165) is 45.6 Å². The highest BCUT2D eigenvalue weighted by Crippen LogP contribution is 2.31. The Labute approximate surface area is 176 Å². The molecule has 0 aliphatic heterocycles. The number of nitrogens with zero attached hydrogens (tertiary/aromatic N) is 1. The molecule has 0 fully saturated rings. The Bertz CT molecular complexity index is 1190. The Kier molecular flexibility index (Phi) is 5.75. The maximum Gasteiger partial charge on any atom is 0.255 e. The molecule has 4 heteroatoms. The molecule has 4 rings (SSSR count). The zero-order valence-corrected chi connectivity index (χ0v) is 17.2. The monoisotopic (exact) mass is 396 g/mol. The first-order valence-electron chi connectivity index (χ1n) is 10.2. The third-order valence-electron chi connectivity index (χ3n) is 5.05. The second-order valence-corrected chi connectivity index (χ2v) is 7.00. The molecule has 1 heterocycles. The quantitative estimate of drug-likeness (QED) is 0.427. The SMILES string of the molecule is CCOc1cc(-c2ccccc2)nc2ccc(C(=O)Nc3ccccc3CC)cc12. The molecule has 0 spiro atoms. The van der Waals surface area contributed by atoms with Crippen molar-refractivity contribution in [1.82, 2.24) is 4.98 Å². The number of pyridine rings is 1. The number of carbonyl (C=O) groups excluding carboxylic acids is 1. The van der Waals surface area contributed by atoms with E-state index in [2.05, 4.69) is 12.2 Å². The molecule has 30 heavy (non-hydrogen) atoms. The van der Waals surface area contributed by atoms with Crippen LogP contribution < -0.4 is 10.1 Å². The molecule has 0 aliphatic rings. The second-order valence-electron chi connectivity index (χ2n) is 7.00. The molecule has 1 amide bonds. The van der Waals surface area contributed by atoms with Gasteiger partial charge in [-0.25, -0.2) is 4.98 Å². The number of para-hydroxylation sites is 1. The summed E-state index contributed by atoms with van der Waals surface area (Å²) in [5.74, 6) is 0.581. The van der Waals surface area contributed by atoms with E-state index in [1.54, 1.807) is 0 Å². The molecule has 1 N–H and O–H groups in total. The number of aryl methyl sites for hydroxylation is 1. The Morgan fingerprint density at radius 3 is 2.47 bits per heavy atom. The Morgan fingerprint density at radius 1 is 0.933 bits per heavy atom. The predicted octanol–water partition coefficient (Wildman–Crippen LogP) is 6.12. The van der Waals surface area contributed by atoms with Gasteiger partial charge in [0.15, 0.2) is 0 Å². The molecule has 4 nitrogen and oxygen atoms in total. The van der Waals surface area contributed by atoms with Gasteiger partial charge in [-0.15, -0.1) is 0 Å². The van der Waals surface area contributed by atoms with E-state index < -0.39 is 0 Å². The number of carbonyl (C=O) groups is 1. The van der Waals surface area contributed by atoms with E-state index in [-0.39, 0.29) is 5.91 Å². The summed E-state index contributed by atoms with van der Waals surface area (Å²) in [5.41, 5.74) is 5.19. The van der Waals surface area contributed by atoms with Gasteiger partial charge in [-0.05, 0) is 43.2 Å². The van der Waals surface area contributed by atoms with E-state index in [0.29, 0.717) is 12.2 Å². The normalized spacial score (nSPS) is 10.7. The molecule has 0 atom stereocenters. The number of ether oxygens (including phenoxy) is 1. The fraction of sp³-hybridized carbons (Fsp3) is 0.154. The van der Waals surface area contributed by atoms with Gasteiger partial charge in [-0.3, -0.25) is 4.79 Å². The number of aromatic nitrogens is 1. The number of anilines is 1. The van der Waals surface area contributed by atoms with Gasteiger partial charge in [-0.2, -0.15) is 0 Å². The first kappa shape index (κ1) is 19.6. The highest BCUT2D eigenvalue weighted by atomic mass is 16.5. The average molecular weight is 396 g/mol. The van der Waals surface area contributed by atoms with Crippen molar-refractivity contribution in [2.24, 2.45) is 0 Å². The molecule has 150 valence electrons. The molecule has 0 radical (unpaired) electrons. The van der Waals surface area contributed by atoms with Crippen LogP contribution in [0.15, 0.2) is 78.9 Å². The summed E-state index contributed by atoms with van der Waals surface area (Å²) in [6.45, 7) is 4.56. The molecule has 3 aromatic carbocycles. The van der Waals surface area contributed by atoms with Crippen LogP contribution in [0.5, 0.6) is 5.75 Å². The lowest BCUT2D eigenvalue weighted by Gasteiger charge is -2.13. The minimum absolute atomic E-state index is 0.146. The van der Waals surface area contributed by atoms with Crippen LogP contribution in [0, 0.1) is 0 Å². The Morgan fingerprint density at radius 2 is 1.70 bits per heavy atom. The lowest BCUT2D eigenvalue weighted by Crippen LogP contribution is -2.13. The van der Waals surface area contributed by atoms with Crippen LogP contribution in [0.3, 0.4) is 0 Å². The number of hydrogen-bond donors (Lipinski definition) is 1. The van der Waals surface area contributed by atoms with Crippen LogP contribution in [0.25, 0.3) is 22.2 Å². The van der Waals surface area contributed by atoms with Crippen LogP contribution in [-0.2, 0) is 6.42 Å². The van der Waals surface area contributed by atoms with E-state index in [1.807, 2.05) is 85.8 Å². The highest BCUT2D eigenvalue weighted by molar-refractivity contribution is 6.07. The average Bonchev–Trinajstić information content (AvgIpc) is 2.79. The van der Waals surface area contributed by atoms with Gasteiger partial charge >= 0.3 is 0 Å². The molecule has 4 aromatic rings. The van der Waals surface area contributed by atoms with Crippen molar-refractivity contribution in [3.63, 3.8) is 0 Å². The van der Waals surface area contributed by atoms with Gasteiger partial charge in [0.1, 0.15) is 5.75 Å². The topological polar surface area (TPSA) is 51.2 Å². The maximum absolute atomic E-state index is 12.9. The van der Waals surface area contributed by atoms with Crippen molar-refractivity contribution < 1.29 is 9.53 Å². The number of rotatable bonds is 6. The molecular formula is C26H24N2O2. The van der Waals surface area contributed by atoms with Crippen LogP contribution >= 0.6 is 0 Å². The number of nitrogens with one attached hydrogen (secondary N) is 1. The van der Waals surface area contributed by atoms with Gasteiger partial charge in [0, 0.05) is 28.3 Å². The van der Waals surface area contributed by atoms with Crippen molar-refractivity contribution in [3.8, 4) is 17.0 Å².